The monoisotopic (exact) mass is 332 g/mol. The lowest BCUT2D eigenvalue weighted by Gasteiger charge is -2.28. The van der Waals surface area contributed by atoms with Gasteiger partial charge in [0.05, 0.1) is 18.4 Å². The summed E-state index contributed by atoms with van der Waals surface area (Å²) in [5.41, 5.74) is 1.96. The quantitative estimate of drug-likeness (QED) is 0.598. The third kappa shape index (κ3) is 4.83. The summed E-state index contributed by atoms with van der Waals surface area (Å²) in [6.07, 6.45) is 3.28. The molecule has 1 aliphatic rings. The van der Waals surface area contributed by atoms with Crippen LogP contribution in [0.4, 0.5) is 0 Å². The first kappa shape index (κ1) is 18.5. The van der Waals surface area contributed by atoms with Crippen LogP contribution in [-0.4, -0.2) is 18.5 Å². The highest BCUT2D eigenvalue weighted by Crippen LogP contribution is 2.33. The first-order chi connectivity index (χ1) is 11.4. The standard InChI is InChI=1S/C20H28O4/c1-13(2)12-23-19(21)16-7-5-6-8-17(16)20(22)24-18-11-14(3)9-10-15(18)4/h9-11,13,16-17H,5-8,12H2,1-4H3. The van der Waals surface area contributed by atoms with Gasteiger partial charge in [-0.3, -0.25) is 9.59 Å². The first-order valence-electron chi connectivity index (χ1n) is 8.84. The number of ether oxygens (including phenoxy) is 2. The molecule has 2 atom stereocenters. The average Bonchev–Trinajstić information content (AvgIpc) is 2.56. The molecule has 0 bridgehead atoms. The van der Waals surface area contributed by atoms with Gasteiger partial charge in [0.25, 0.3) is 0 Å². The molecule has 4 nitrogen and oxygen atoms in total. The largest absolute Gasteiger partial charge is 0.465 e. The molecule has 1 aliphatic carbocycles. The molecular weight excluding hydrogens is 304 g/mol. The zero-order valence-corrected chi connectivity index (χ0v) is 15.1. The van der Waals surface area contributed by atoms with Gasteiger partial charge in [-0.1, -0.05) is 38.8 Å². The van der Waals surface area contributed by atoms with Crippen LogP contribution in [0.25, 0.3) is 0 Å². The van der Waals surface area contributed by atoms with Crippen LogP contribution in [0.15, 0.2) is 18.2 Å². The van der Waals surface area contributed by atoms with Crippen LogP contribution in [-0.2, 0) is 14.3 Å². The third-order valence-corrected chi connectivity index (χ3v) is 4.48. The van der Waals surface area contributed by atoms with Crippen LogP contribution < -0.4 is 4.74 Å². The fourth-order valence-electron chi connectivity index (χ4n) is 3.05. The Hall–Kier alpha value is -1.84. The Labute approximate surface area is 144 Å². The Morgan fingerprint density at radius 3 is 2.33 bits per heavy atom. The van der Waals surface area contributed by atoms with E-state index in [1.807, 2.05) is 45.9 Å². The van der Waals surface area contributed by atoms with E-state index >= 15 is 0 Å². The van der Waals surface area contributed by atoms with Crippen LogP contribution in [0.2, 0.25) is 0 Å². The minimum Gasteiger partial charge on any atom is -0.465 e. The fourth-order valence-corrected chi connectivity index (χ4v) is 3.05. The molecule has 2 unspecified atom stereocenters. The highest BCUT2D eigenvalue weighted by Gasteiger charge is 2.38. The summed E-state index contributed by atoms with van der Waals surface area (Å²) in [6, 6.07) is 5.79. The summed E-state index contributed by atoms with van der Waals surface area (Å²) in [5.74, 6) is -0.479. The maximum Gasteiger partial charge on any atom is 0.315 e. The molecule has 0 heterocycles. The number of carbonyl (C=O) groups excluding carboxylic acids is 2. The number of carbonyl (C=O) groups is 2. The van der Waals surface area contributed by atoms with Gasteiger partial charge in [-0.25, -0.2) is 0 Å². The van der Waals surface area contributed by atoms with Crippen molar-refractivity contribution in [2.75, 3.05) is 6.61 Å². The Bertz CT molecular complexity index is 591. The van der Waals surface area contributed by atoms with Gasteiger partial charge in [0.1, 0.15) is 5.75 Å². The predicted octanol–water partition coefficient (Wildman–Crippen LogP) is 4.21. The highest BCUT2D eigenvalue weighted by molar-refractivity contribution is 5.83. The number of hydrogen-bond donors (Lipinski definition) is 0. The molecule has 1 fully saturated rings. The number of esters is 2. The fraction of sp³-hybridized carbons (Fsp3) is 0.600. The predicted molar refractivity (Wildman–Crippen MR) is 92.8 cm³/mol. The van der Waals surface area contributed by atoms with Gasteiger partial charge in [-0.2, -0.15) is 0 Å². The maximum absolute atomic E-state index is 12.7. The minimum atomic E-state index is -0.404. The van der Waals surface area contributed by atoms with Crippen LogP contribution in [0.3, 0.4) is 0 Å². The van der Waals surface area contributed by atoms with Crippen molar-refractivity contribution in [3.05, 3.63) is 29.3 Å². The second-order valence-electron chi connectivity index (χ2n) is 7.21. The van der Waals surface area contributed by atoms with E-state index < -0.39 is 5.92 Å². The molecule has 2 rings (SSSR count). The Morgan fingerprint density at radius 2 is 1.71 bits per heavy atom. The summed E-state index contributed by atoms with van der Waals surface area (Å²) in [7, 11) is 0. The summed E-state index contributed by atoms with van der Waals surface area (Å²) in [6.45, 7) is 8.27. The van der Waals surface area contributed by atoms with Gasteiger partial charge in [-0.05, 0) is 49.8 Å². The zero-order valence-electron chi connectivity index (χ0n) is 15.1. The summed E-state index contributed by atoms with van der Waals surface area (Å²) >= 11 is 0. The van der Waals surface area contributed by atoms with Gasteiger partial charge < -0.3 is 9.47 Å². The summed E-state index contributed by atoms with van der Waals surface area (Å²) in [5, 5.41) is 0. The summed E-state index contributed by atoms with van der Waals surface area (Å²) in [4.78, 5) is 25.0. The topological polar surface area (TPSA) is 52.6 Å². The van der Waals surface area contributed by atoms with Gasteiger partial charge in [0.2, 0.25) is 0 Å². The van der Waals surface area contributed by atoms with E-state index in [0.717, 1.165) is 24.0 Å². The number of rotatable bonds is 5. The lowest BCUT2D eigenvalue weighted by molar-refractivity contribution is -0.159. The lowest BCUT2D eigenvalue weighted by Crippen LogP contribution is -2.36. The maximum atomic E-state index is 12.7. The van der Waals surface area contributed by atoms with Gasteiger partial charge in [-0.15, -0.1) is 0 Å². The molecule has 1 saturated carbocycles. The highest BCUT2D eigenvalue weighted by atomic mass is 16.5. The van der Waals surface area contributed by atoms with E-state index in [2.05, 4.69) is 0 Å². The van der Waals surface area contributed by atoms with E-state index in [1.165, 1.54) is 0 Å². The van der Waals surface area contributed by atoms with Crippen LogP contribution in [0, 0.1) is 31.6 Å². The van der Waals surface area contributed by atoms with E-state index in [-0.39, 0.29) is 23.8 Å². The van der Waals surface area contributed by atoms with E-state index in [9.17, 15) is 9.59 Å². The Kier molecular flexibility index (Phi) is 6.41. The molecular formula is C20H28O4. The molecule has 0 aliphatic heterocycles. The molecule has 0 amide bonds. The normalized spacial score (nSPS) is 20.7. The molecule has 4 heteroatoms. The van der Waals surface area contributed by atoms with Crippen molar-refractivity contribution in [1.82, 2.24) is 0 Å². The number of aryl methyl sites for hydroxylation is 2. The molecule has 1 aromatic rings. The molecule has 132 valence electrons. The van der Waals surface area contributed by atoms with Gasteiger partial charge in [0, 0.05) is 0 Å². The molecule has 0 N–H and O–H groups in total. The SMILES string of the molecule is Cc1ccc(C)c(OC(=O)C2CCCCC2C(=O)OCC(C)C)c1. The van der Waals surface area contributed by atoms with Crippen molar-refractivity contribution in [3.8, 4) is 5.75 Å². The molecule has 0 spiro atoms. The molecule has 24 heavy (non-hydrogen) atoms. The molecule has 0 aromatic heterocycles. The molecule has 1 aromatic carbocycles. The van der Waals surface area contributed by atoms with Crippen LogP contribution in [0.5, 0.6) is 5.75 Å². The third-order valence-electron chi connectivity index (χ3n) is 4.48. The van der Waals surface area contributed by atoms with Crippen molar-refractivity contribution >= 4 is 11.9 Å². The van der Waals surface area contributed by atoms with Crippen molar-refractivity contribution in [3.63, 3.8) is 0 Å². The second kappa shape index (κ2) is 8.32. The van der Waals surface area contributed by atoms with Crippen molar-refractivity contribution in [2.45, 2.75) is 53.4 Å². The van der Waals surface area contributed by atoms with Gasteiger partial charge in [0.15, 0.2) is 0 Å². The Morgan fingerprint density at radius 1 is 1.08 bits per heavy atom. The van der Waals surface area contributed by atoms with Crippen molar-refractivity contribution < 1.29 is 19.1 Å². The van der Waals surface area contributed by atoms with E-state index in [0.29, 0.717) is 25.2 Å². The second-order valence-corrected chi connectivity index (χ2v) is 7.21. The van der Waals surface area contributed by atoms with Crippen molar-refractivity contribution in [1.29, 1.82) is 0 Å². The lowest BCUT2D eigenvalue weighted by atomic mass is 9.79. The Balaban J connectivity index is 2.07. The first-order valence-corrected chi connectivity index (χ1v) is 8.84. The van der Waals surface area contributed by atoms with Gasteiger partial charge >= 0.3 is 11.9 Å². The minimum absolute atomic E-state index is 0.258. The van der Waals surface area contributed by atoms with E-state index in [4.69, 9.17) is 9.47 Å². The summed E-state index contributed by atoms with van der Waals surface area (Å²) < 4.78 is 11.0. The number of hydrogen-bond acceptors (Lipinski definition) is 4. The molecule has 0 radical (unpaired) electrons. The van der Waals surface area contributed by atoms with Crippen LogP contribution >= 0.6 is 0 Å². The number of benzene rings is 1. The van der Waals surface area contributed by atoms with E-state index in [1.54, 1.807) is 0 Å². The molecule has 0 saturated heterocycles. The van der Waals surface area contributed by atoms with Crippen molar-refractivity contribution in [2.24, 2.45) is 17.8 Å². The smallest absolute Gasteiger partial charge is 0.315 e. The van der Waals surface area contributed by atoms with Crippen LogP contribution in [0.1, 0.15) is 50.7 Å². The zero-order chi connectivity index (χ0) is 17.7. The average molecular weight is 332 g/mol.